The minimum absolute atomic E-state index is 0.00694. The zero-order valence-electron chi connectivity index (χ0n) is 6.04. The number of nitrogens with one attached hydrogen (secondary N) is 1. The normalized spacial score (nSPS) is 11.9. The Morgan fingerprint density at radius 3 is 2.58 bits per heavy atom. The highest BCUT2D eigenvalue weighted by atomic mass is 35.5. The SMILES string of the molecule is Cc1cc(S(=O)(=O)NO)sc1Cl. The first kappa shape index (κ1) is 9.94. The van der Waals surface area contributed by atoms with Gasteiger partial charge in [-0.05, 0) is 18.6 Å². The van der Waals surface area contributed by atoms with E-state index in [1.54, 1.807) is 6.92 Å². The lowest BCUT2D eigenvalue weighted by Crippen LogP contribution is -2.17. The van der Waals surface area contributed by atoms with Crippen LogP contribution in [0, 0.1) is 6.92 Å². The number of halogens is 1. The summed E-state index contributed by atoms with van der Waals surface area (Å²) in [6.45, 7) is 1.69. The number of aryl methyl sites for hydroxylation is 1. The predicted molar refractivity (Wildman–Crippen MR) is 46.2 cm³/mol. The van der Waals surface area contributed by atoms with Gasteiger partial charge in [-0.3, -0.25) is 0 Å². The third-order valence-electron chi connectivity index (χ3n) is 1.22. The quantitative estimate of drug-likeness (QED) is 0.751. The molecule has 0 aromatic carbocycles. The minimum Gasteiger partial charge on any atom is -0.302 e. The second-order valence-corrected chi connectivity index (χ2v) is 5.66. The Balaban J connectivity index is 3.22. The lowest BCUT2D eigenvalue weighted by Gasteiger charge is -1.93. The molecule has 4 nitrogen and oxygen atoms in total. The molecule has 0 saturated heterocycles. The van der Waals surface area contributed by atoms with Gasteiger partial charge in [0.25, 0.3) is 10.0 Å². The summed E-state index contributed by atoms with van der Waals surface area (Å²) < 4.78 is 22.3. The molecular weight excluding hydrogens is 222 g/mol. The van der Waals surface area contributed by atoms with Crippen molar-refractivity contribution in [3.8, 4) is 0 Å². The van der Waals surface area contributed by atoms with Gasteiger partial charge in [0, 0.05) is 0 Å². The van der Waals surface area contributed by atoms with Crippen molar-refractivity contribution in [2.24, 2.45) is 0 Å². The molecule has 0 spiro atoms. The van der Waals surface area contributed by atoms with Gasteiger partial charge in [-0.15, -0.1) is 11.3 Å². The molecule has 0 unspecified atom stereocenters. The van der Waals surface area contributed by atoms with Crippen LogP contribution in [0.4, 0.5) is 0 Å². The van der Waals surface area contributed by atoms with Crippen molar-refractivity contribution < 1.29 is 13.6 Å². The molecule has 0 aliphatic heterocycles. The zero-order valence-corrected chi connectivity index (χ0v) is 8.42. The fourth-order valence-electron chi connectivity index (χ4n) is 0.609. The monoisotopic (exact) mass is 227 g/mol. The van der Waals surface area contributed by atoms with Crippen LogP contribution >= 0.6 is 22.9 Å². The maximum Gasteiger partial charge on any atom is 0.271 e. The van der Waals surface area contributed by atoms with Crippen LogP contribution in [0.3, 0.4) is 0 Å². The highest BCUT2D eigenvalue weighted by Gasteiger charge is 2.16. The van der Waals surface area contributed by atoms with E-state index < -0.39 is 10.0 Å². The Kier molecular flexibility index (Phi) is 2.74. The molecule has 7 heteroatoms. The second-order valence-electron chi connectivity index (χ2n) is 2.12. The Morgan fingerprint density at radius 1 is 1.67 bits per heavy atom. The summed E-state index contributed by atoms with van der Waals surface area (Å²) in [5.74, 6) is 0. The number of rotatable bonds is 2. The lowest BCUT2D eigenvalue weighted by atomic mass is 10.4. The molecule has 12 heavy (non-hydrogen) atoms. The smallest absolute Gasteiger partial charge is 0.271 e. The van der Waals surface area contributed by atoms with Crippen LogP contribution in [-0.4, -0.2) is 13.6 Å². The average Bonchev–Trinajstić information content (AvgIpc) is 2.33. The molecule has 68 valence electrons. The molecule has 0 amide bonds. The van der Waals surface area contributed by atoms with Crippen molar-refractivity contribution in [2.45, 2.75) is 11.1 Å². The van der Waals surface area contributed by atoms with Gasteiger partial charge >= 0.3 is 0 Å². The van der Waals surface area contributed by atoms with Gasteiger partial charge in [0.15, 0.2) is 0 Å². The second kappa shape index (κ2) is 3.31. The fourth-order valence-corrected chi connectivity index (χ4v) is 2.91. The van der Waals surface area contributed by atoms with E-state index in [1.165, 1.54) is 11.0 Å². The van der Waals surface area contributed by atoms with Crippen LogP contribution < -0.4 is 4.89 Å². The van der Waals surface area contributed by atoms with Crippen LogP contribution in [0.1, 0.15) is 5.56 Å². The van der Waals surface area contributed by atoms with E-state index in [4.69, 9.17) is 16.8 Å². The first-order chi connectivity index (χ1) is 5.47. The van der Waals surface area contributed by atoms with Gasteiger partial charge in [0.2, 0.25) is 0 Å². The number of sulfonamides is 1. The van der Waals surface area contributed by atoms with Gasteiger partial charge < -0.3 is 5.21 Å². The van der Waals surface area contributed by atoms with Crippen molar-refractivity contribution in [1.82, 2.24) is 4.89 Å². The summed E-state index contributed by atoms with van der Waals surface area (Å²) in [4.78, 5) is 1.22. The molecule has 1 aromatic heterocycles. The highest BCUT2D eigenvalue weighted by molar-refractivity contribution is 7.91. The molecule has 2 N–H and O–H groups in total. The summed E-state index contributed by atoms with van der Waals surface area (Å²) in [5, 5.41) is 8.27. The summed E-state index contributed by atoms with van der Waals surface area (Å²) in [5.41, 5.74) is 0.676. The number of thiophene rings is 1. The predicted octanol–water partition coefficient (Wildman–Crippen LogP) is 1.38. The summed E-state index contributed by atoms with van der Waals surface area (Å²) in [7, 11) is -3.76. The highest BCUT2D eigenvalue weighted by Crippen LogP contribution is 2.29. The van der Waals surface area contributed by atoms with Crippen LogP contribution in [0.15, 0.2) is 10.3 Å². The Hall–Kier alpha value is -0.140. The van der Waals surface area contributed by atoms with E-state index in [1.807, 2.05) is 0 Å². The standard InChI is InChI=1S/C5H6ClNO3S2/c1-3-2-4(11-5(3)6)12(9,10)7-8/h2,7-8H,1H3. The average molecular weight is 228 g/mol. The molecule has 0 fully saturated rings. The van der Waals surface area contributed by atoms with Gasteiger partial charge in [-0.2, -0.15) is 0 Å². The molecule has 0 bridgehead atoms. The van der Waals surface area contributed by atoms with Gasteiger partial charge in [0.05, 0.1) is 4.34 Å². The summed E-state index contributed by atoms with van der Waals surface area (Å²) in [6.07, 6.45) is 0. The van der Waals surface area contributed by atoms with E-state index >= 15 is 0 Å². The maximum atomic E-state index is 11.0. The van der Waals surface area contributed by atoms with Crippen LogP contribution in [0.25, 0.3) is 0 Å². The van der Waals surface area contributed by atoms with E-state index in [0.717, 1.165) is 11.3 Å². The van der Waals surface area contributed by atoms with E-state index in [0.29, 0.717) is 9.90 Å². The third-order valence-corrected chi connectivity index (χ3v) is 4.37. The van der Waals surface area contributed by atoms with Crippen molar-refractivity contribution >= 4 is 33.0 Å². The molecule has 1 aromatic rings. The largest absolute Gasteiger partial charge is 0.302 e. The number of hydrogen-bond acceptors (Lipinski definition) is 4. The molecule has 0 radical (unpaired) electrons. The Morgan fingerprint density at radius 2 is 2.25 bits per heavy atom. The zero-order chi connectivity index (χ0) is 9.35. The van der Waals surface area contributed by atoms with Crippen LogP contribution in [-0.2, 0) is 10.0 Å². The van der Waals surface area contributed by atoms with Crippen molar-refractivity contribution in [3.05, 3.63) is 16.0 Å². The van der Waals surface area contributed by atoms with Gasteiger partial charge in [-0.25, -0.2) is 8.42 Å². The van der Waals surface area contributed by atoms with Crippen molar-refractivity contribution in [1.29, 1.82) is 0 Å². The first-order valence-corrected chi connectivity index (χ1v) is 5.57. The molecule has 0 atom stereocenters. The molecule has 1 rings (SSSR count). The lowest BCUT2D eigenvalue weighted by molar-refractivity contribution is 0.243. The number of hydrogen-bond donors (Lipinski definition) is 2. The topological polar surface area (TPSA) is 66.4 Å². The van der Waals surface area contributed by atoms with E-state index in [2.05, 4.69) is 0 Å². The van der Waals surface area contributed by atoms with Crippen molar-refractivity contribution in [3.63, 3.8) is 0 Å². The molecule has 0 aliphatic carbocycles. The van der Waals surface area contributed by atoms with E-state index in [-0.39, 0.29) is 4.21 Å². The maximum absolute atomic E-state index is 11.0. The first-order valence-electron chi connectivity index (χ1n) is 2.89. The van der Waals surface area contributed by atoms with Gasteiger partial charge in [0.1, 0.15) is 4.21 Å². The molecular formula is C5H6ClNO3S2. The van der Waals surface area contributed by atoms with Crippen molar-refractivity contribution in [2.75, 3.05) is 0 Å². The molecule has 0 aliphatic rings. The van der Waals surface area contributed by atoms with Crippen LogP contribution in [0.5, 0.6) is 0 Å². The Bertz CT molecular complexity index is 364. The van der Waals surface area contributed by atoms with Crippen LogP contribution in [0.2, 0.25) is 4.34 Å². The summed E-state index contributed by atoms with van der Waals surface area (Å²) >= 11 is 6.54. The van der Waals surface area contributed by atoms with E-state index in [9.17, 15) is 8.42 Å². The summed E-state index contributed by atoms with van der Waals surface area (Å²) in [6, 6.07) is 1.39. The minimum atomic E-state index is -3.76. The molecule has 1 heterocycles. The Labute approximate surface area is 78.8 Å². The van der Waals surface area contributed by atoms with Gasteiger partial charge in [-0.1, -0.05) is 16.5 Å². The third kappa shape index (κ3) is 1.78. The fraction of sp³-hybridized carbons (Fsp3) is 0.200. The molecule has 0 saturated carbocycles.